The lowest BCUT2D eigenvalue weighted by Gasteiger charge is -2.07. The number of cyclic esters (lactones) is 1. The summed E-state index contributed by atoms with van der Waals surface area (Å²) >= 11 is 12.0. The SMILES string of the molecule is COc1ccc(/C=C2N=C(/C=C/c3ccc(Cl)cc3Cl)OC\2=O)cc1OC. The van der Waals surface area contributed by atoms with E-state index in [9.17, 15) is 4.79 Å². The van der Waals surface area contributed by atoms with Crippen molar-refractivity contribution in [2.45, 2.75) is 0 Å². The molecule has 138 valence electrons. The van der Waals surface area contributed by atoms with Gasteiger partial charge in [-0.25, -0.2) is 9.79 Å². The highest BCUT2D eigenvalue weighted by atomic mass is 35.5. The number of esters is 1. The van der Waals surface area contributed by atoms with Crippen LogP contribution in [0.4, 0.5) is 0 Å². The molecule has 1 aliphatic rings. The number of nitrogens with zero attached hydrogens (tertiary/aromatic N) is 1. The monoisotopic (exact) mass is 403 g/mol. The molecule has 7 heteroatoms. The number of hydrogen-bond donors (Lipinski definition) is 0. The minimum absolute atomic E-state index is 0.178. The number of benzene rings is 2. The Hall–Kier alpha value is -2.76. The normalized spacial score (nSPS) is 15.2. The van der Waals surface area contributed by atoms with Gasteiger partial charge in [0.2, 0.25) is 5.90 Å². The fraction of sp³-hybridized carbons (Fsp3) is 0.100. The fourth-order valence-corrected chi connectivity index (χ4v) is 2.87. The van der Waals surface area contributed by atoms with Crippen molar-refractivity contribution in [1.29, 1.82) is 0 Å². The topological polar surface area (TPSA) is 57.1 Å². The minimum Gasteiger partial charge on any atom is -0.493 e. The summed E-state index contributed by atoms with van der Waals surface area (Å²) in [6.07, 6.45) is 4.88. The second-order valence-corrected chi connectivity index (χ2v) is 6.33. The van der Waals surface area contributed by atoms with E-state index in [2.05, 4.69) is 4.99 Å². The van der Waals surface area contributed by atoms with E-state index < -0.39 is 5.97 Å². The average Bonchev–Trinajstić information content (AvgIpc) is 3.00. The second-order valence-electron chi connectivity index (χ2n) is 5.48. The third-order valence-corrected chi connectivity index (χ3v) is 4.28. The van der Waals surface area contributed by atoms with Gasteiger partial charge in [-0.15, -0.1) is 0 Å². The fourth-order valence-electron chi connectivity index (χ4n) is 2.40. The first-order valence-corrected chi connectivity index (χ1v) is 8.63. The average molecular weight is 404 g/mol. The predicted octanol–water partition coefficient (Wildman–Crippen LogP) is 5.02. The summed E-state index contributed by atoms with van der Waals surface area (Å²) in [5, 5.41) is 1.03. The molecule has 0 aliphatic carbocycles. The summed E-state index contributed by atoms with van der Waals surface area (Å²) in [6, 6.07) is 10.4. The van der Waals surface area contributed by atoms with Crippen LogP contribution in [-0.4, -0.2) is 26.1 Å². The Kier molecular flexibility index (Phi) is 5.84. The lowest BCUT2D eigenvalue weighted by atomic mass is 10.1. The molecule has 2 aromatic carbocycles. The molecule has 0 spiro atoms. The van der Waals surface area contributed by atoms with Gasteiger partial charge in [0.25, 0.3) is 0 Å². The molecular formula is C20H15Cl2NO4. The molecule has 0 saturated carbocycles. The van der Waals surface area contributed by atoms with E-state index in [1.807, 2.05) is 0 Å². The highest BCUT2D eigenvalue weighted by Gasteiger charge is 2.21. The predicted molar refractivity (Wildman–Crippen MR) is 107 cm³/mol. The highest BCUT2D eigenvalue weighted by molar-refractivity contribution is 6.35. The van der Waals surface area contributed by atoms with Crippen LogP contribution in [0.2, 0.25) is 10.0 Å². The molecule has 1 heterocycles. The van der Waals surface area contributed by atoms with Crippen molar-refractivity contribution in [1.82, 2.24) is 0 Å². The Labute approximate surface area is 166 Å². The van der Waals surface area contributed by atoms with E-state index in [4.69, 9.17) is 37.4 Å². The third kappa shape index (κ3) is 4.51. The molecule has 0 atom stereocenters. The molecule has 0 radical (unpaired) electrons. The molecule has 0 bridgehead atoms. The van der Waals surface area contributed by atoms with Gasteiger partial charge >= 0.3 is 5.97 Å². The van der Waals surface area contributed by atoms with E-state index in [0.29, 0.717) is 21.5 Å². The van der Waals surface area contributed by atoms with Crippen molar-refractivity contribution in [3.05, 3.63) is 69.3 Å². The summed E-state index contributed by atoms with van der Waals surface area (Å²) in [7, 11) is 3.10. The van der Waals surface area contributed by atoms with Crippen LogP contribution >= 0.6 is 23.2 Å². The van der Waals surface area contributed by atoms with Crippen LogP contribution in [0, 0.1) is 0 Å². The van der Waals surface area contributed by atoms with Gasteiger partial charge < -0.3 is 14.2 Å². The van der Waals surface area contributed by atoms with Crippen molar-refractivity contribution < 1.29 is 19.0 Å². The van der Waals surface area contributed by atoms with Crippen LogP contribution in [0.25, 0.3) is 12.2 Å². The molecule has 0 N–H and O–H groups in total. The van der Waals surface area contributed by atoms with E-state index in [1.54, 1.807) is 68.8 Å². The van der Waals surface area contributed by atoms with Gasteiger partial charge in [-0.2, -0.15) is 0 Å². The van der Waals surface area contributed by atoms with Gasteiger partial charge in [-0.3, -0.25) is 0 Å². The van der Waals surface area contributed by atoms with Gasteiger partial charge in [0.1, 0.15) is 0 Å². The number of aliphatic imine (C=N–C) groups is 1. The number of carbonyl (C=O) groups is 1. The molecule has 1 aliphatic heterocycles. The van der Waals surface area contributed by atoms with E-state index in [-0.39, 0.29) is 11.6 Å². The van der Waals surface area contributed by atoms with Crippen molar-refractivity contribution in [3.8, 4) is 11.5 Å². The Morgan fingerprint density at radius 3 is 2.48 bits per heavy atom. The van der Waals surface area contributed by atoms with E-state index >= 15 is 0 Å². The molecule has 2 aromatic rings. The van der Waals surface area contributed by atoms with Gasteiger partial charge in [0.05, 0.1) is 14.2 Å². The van der Waals surface area contributed by atoms with Crippen LogP contribution in [0.15, 0.2) is 53.2 Å². The van der Waals surface area contributed by atoms with Gasteiger partial charge in [0, 0.05) is 16.1 Å². The second kappa shape index (κ2) is 8.29. The standard InChI is InChI=1S/C20H15Cl2NO4/c1-25-17-7-3-12(10-18(17)26-2)9-16-20(24)27-19(23-16)8-5-13-4-6-14(21)11-15(13)22/h3-11H,1-2H3/b8-5+,16-9-. The first-order valence-electron chi connectivity index (χ1n) is 7.88. The van der Waals surface area contributed by atoms with E-state index in [0.717, 1.165) is 11.1 Å². The molecule has 5 nitrogen and oxygen atoms in total. The lowest BCUT2D eigenvalue weighted by Crippen LogP contribution is -2.01. The quantitative estimate of drug-likeness (QED) is 0.519. The molecule has 0 aromatic heterocycles. The van der Waals surface area contributed by atoms with Gasteiger partial charge in [0.15, 0.2) is 17.2 Å². The summed E-state index contributed by atoms with van der Waals surface area (Å²) < 4.78 is 15.6. The number of hydrogen-bond acceptors (Lipinski definition) is 5. The Bertz CT molecular complexity index is 980. The smallest absolute Gasteiger partial charge is 0.363 e. The summed E-state index contributed by atoms with van der Waals surface area (Å²) in [5.74, 6) is 0.796. The molecule has 0 fully saturated rings. The number of carbonyl (C=O) groups excluding carboxylic acids is 1. The lowest BCUT2D eigenvalue weighted by molar-refractivity contribution is -0.129. The Balaban J connectivity index is 1.83. The van der Waals surface area contributed by atoms with Crippen molar-refractivity contribution >= 4 is 47.2 Å². The molecular weight excluding hydrogens is 389 g/mol. The summed E-state index contributed by atoms with van der Waals surface area (Å²) in [4.78, 5) is 16.3. The number of rotatable bonds is 5. The third-order valence-electron chi connectivity index (χ3n) is 3.72. The van der Waals surface area contributed by atoms with Crippen molar-refractivity contribution in [3.63, 3.8) is 0 Å². The van der Waals surface area contributed by atoms with Crippen LogP contribution in [0.3, 0.4) is 0 Å². The zero-order valence-electron chi connectivity index (χ0n) is 14.5. The molecule has 27 heavy (non-hydrogen) atoms. The summed E-state index contributed by atoms with van der Waals surface area (Å²) in [6.45, 7) is 0. The Morgan fingerprint density at radius 1 is 1.00 bits per heavy atom. The number of methoxy groups -OCH3 is 2. The molecule has 0 amide bonds. The Morgan fingerprint density at radius 2 is 1.78 bits per heavy atom. The van der Waals surface area contributed by atoms with E-state index in [1.165, 1.54) is 0 Å². The van der Waals surface area contributed by atoms with Gasteiger partial charge in [-0.1, -0.05) is 35.3 Å². The minimum atomic E-state index is -0.536. The van der Waals surface area contributed by atoms with Crippen molar-refractivity contribution in [2.24, 2.45) is 4.99 Å². The first kappa shape index (κ1) is 19.0. The maximum absolute atomic E-state index is 12.1. The summed E-state index contributed by atoms with van der Waals surface area (Å²) in [5.41, 5.74) is 1.65. The highest BCUT2D eigenvalue weighted by Crippen LogP contribution is 2.29. The molecule has 0 saturated heterocycles. The zero-order valence-corrected chi connectivity index (χ0v) is 16.0. The molecule has 0 unspecified atom stereocenters. The maximum Gasteiger partial charge on any atom is 0.363 e. The number of halogens is 2. The molecule has 3 rings (SSSR count). The van der Waals surface area contributed by atoms with Crippen LogP contribution in [0.5, 0.6) is 11.5 Å². The van der Waals surface area contributed by atoms with Crippen LogP contribution in [0.1, 0.15) is 11.1 Å². The van der Waals surface area contributed by atoms with Crippen LogP contribution < -0.4 is 9.47 Å². The number of ether oxygens (including phenoxy) is 3. The zero-order chi connectivity index (χ0) is 19.4. The largest absolute Gasteiger partial charge is 0.493 e. The maximum atomic E-state index is 12.1. The van der Waals surface area contributed by atoms with Crippen molar-refractivity contribution in [2.75, 3.05) is 14.2 Å². The van der Waals surface area contributed by atoms with Gasteiger partial charge in [-0.05, 0) is 47.5 Å². The first-order chi connectivity index (χ1) is 13.0. The van der Waals surface area contributed by atoms with Crippen LogP contribution in [-0.2, 0) is 9.53 Å².